The number of aliphatic imine (C=N–C) groups is 1. The molecule has 1 atom stereocenters. The predicted molar refractivity (Wildman–Crippen MR) is 134 cm³/mol. The SMILES string of the molecule is CC1CCN(C2CC=C(c3csc(Nc4cc(S(N)(=O)=O)ccc4OC(C)C)n3)C=N2)CC1. The van der Waals surface area contributed by atoms with Gasteiger partial charge in [0.2, 0.25) is 10.0 Å². The second-order valence-electron chi connectivity index (χ2n) is 8.90. The predicted octanol–water partition coefficient (Wildman–Crippen LogP) is 4.24. The number of ether oxygens (including phenoxy) is 1. The summed E-state index contributed by atoms with van der Waals surface area (Å²) in [6, 6.07) is 4.52. The Balaban J connectivity index is 1.48. The number of nitrogens with one attached hydrogen (secondary N) is 1. The molecule has 33 heavy (non-hydrogen) atoms. The Hall–Kier alpha value is -2.27. The van der Waals surface area contributed by atoms with Crippen LogP contribution >= 0.6 is 11.3 Å². The number of primary sulfonamides is 1. The van der Waals surface area contributed by atoms with Crippen LogP contribution in [0.4, 0.5) is 10.8 Å². The zero-order chi connectivity index (χ0) is 23.6. The van der Waals surface area contributed by atoms with Crippen LogP contribution in [-0.2, 0) is 10.0 Å². The topological polar surface area (TPSA) is 110 Å². The molecule has 8 nitrogen and oxygen atoms in total. The summed E-state index contributed by atoms with van der Waals surface area (Å²) in [6.45, 7) is 8.35. The summed E-state index contributed by atoms with van der Waals surface area (Å²) in [4.78, 5) is 12.0. The molecule has 4 rings (SSSR count). The fourth-order valence-electron chi connectivity index (χ4n) is 3.97. The Labute approximate surface area is 199 Å². The average molecular weight is 490 g/mol. The molecule has 0 amide bonds. The molecule has 3 heterocycles. The van der Waals surface area contributed by atoms with Gasteiger partial charge >= 0.3 is 0 Å². The van der Waals surface area contributed by atoms with Crippen LogP contribution in [-0.4, -0.2) is 49.9 Å². The number of nitrogens with two attached hydrogens (primary N) is 1. The van der Waals surface area contributed by atoms with E-state index in [4.69, 9.17) is 14.9 Å². The largest absolute Gasteiger partial charge is 0.489 e. The first-order chi connectivity index (χ1) is 15.7. The maximum absolute atomic E-state index is 11.8. The van der Waals surface area contributed by atoms with Crippen molar-refractivity contribution in [3.05, 3.63) is 35.3 Å². The Morgan fingerprint density at radius 1 is 1.27 bits per heavy atom. The third-order valence-electron chi connectivity index (χ3n) is 5.86. The van der Waals surface area contributed by atoms with Crippen LogP contribution in [0, 0.1) is 5.92 Å². The Bertz CT molecular complexity index is 1150. The van der Waals surface area contributed by atoms with Gasteiger partial charge in [-0.05, 0) is 50.8 Å². The van der Waals surface area contributed by atoms with E-state index in [0.29, 0.717) is 16.6 Å². The third kappa shape index (κ3) is 6.00. The Morgan fingerprint density at radius 2 is 2.03 bits per heavy atom. The number of thiazole rings is 1. The number of likely N-dealkylation sites (tertiary alicyclic amines) is 1. The van der Waals surface area contributed by atoms with Crippen LogP contribution in [0.5, 0.6) is 5.75 Å². The second-order valence-corrected chi connectivity index (χ2v) is 11.3. The van der Waals surface area contributed by atoms with Crippen molar-refractivity contribution in [2.45, 2.75) is 57.2 Å². The lowest BCUT2D eigenvalue weighted by atomic mass is 9.98. The van der Waals surface area contributed by atoms with Crippen LogP contribution in [0.15, 0.2) is 39.5 Å². The van der Waals surface area contributed by atoms with Crippen molar-refractivity contribution >= 4 is 44.0 Å². The number of hydrogen-bond acceptors (Lipinski definition) is 8. The van der Waals surface area contributed by atoms with Gasteiger partial charge in [-0.15, -0.1) is 11.3 Å². The lowest BCUT2D eigenvalue weighted by Crippen LogP contribution is -2.40. The highest BCUT2D eigenvalue weighted by molar-refractivity contribution is 7.89. The number of allylic oxidation sites excluding steroid dienone is 1. The minimum Gasteiger partial charge on any atom is -0.489 e. The van der Waals surface area contributed by atoms with E-state index in [1.54, 1.807) is 6.07 Å². The minimum atomic E-state index is -3.84. The van der Waals surface area contributed by atoms with Gasteiger partial charge in [0.15, 0.2) is 5.13 Å². The molecule has 2 aliphatic heterocycles. The zero-order valence-corrected chi connectivity index (χ0v) is 20.8. The molecule has 1 fully saturated rings. The Kier molecular flexibility index (Phi) is 7.18. The van der Waals surface area contributed by atoms with Gasteiger partial charge < -0.3 is 10.1 Å². The summed E-state index contributed by atoms with van der Waals surface area (Å²) in [7, 11) is -3.84. The van der Waals surface area contributed by atoms with Gasteiger partial charge in [-0.2, -0.15) is 0 Å². The molecule has 2 aliphatic rings. The lowest BCUT2D eigenvalue weighted by molar-refractivity contribution is 0.142. The van der Waals surface area contributed by atoms with Gasteiger partial charge in [-0.25, -0.2) is 18.5 Å². The molecule has 178 valence electrons. The van der Waals surface area contributed by atoms with Crippen LogP contribution in [0.2, 0.25) is 0 Å². The van der Waals surface area contributed by atoms with Crippen molar-refractivity contribution in [1.82, 2.24) is 9.88 Å². The zero-order valence-electron chi connectivity index (χ0n) is 19.2. The van der Waals surface area contributed by atoms with Gasteiger partial charge in [0.05, 0.1) is 22.4 Å². The van der Waals surface area contributed by atoms with Gasteiger partial charge in [0.1, 0.15) is 11.9 Å². The first-order valence-corrected chi connectivity index (χ1v) is 13.7. The maximum Gasteiger partial charge on any atom is 0.238 e. The molecule has 0 bridgehead atoms. The van der Waals surface area contributed by atoms with E-state index in [1.165, 1.54) is 36.3 Å². The number of hydrogen-bond donors (Lipinski definition) is 2. The van der Waals surface area contributed by atoms with Crippen LogP contribution in [0.1, 0.15) is 45.7 Å². The lowest BCUT2D eigenvalue weighted by Gasteiger charge is -2.35. The van der Waals surface area contributed by atoms with Crippen molar-refractivity contribution in [2.75, 3.05) is 18.4 Å². The van der Waals surface area contributed by atoms with E-state index in [0.717, 1.165) is 36.7 Å². The summed E-state index contributed by atoms with van der Waals surface area (Å²) < 4.78 is 29.4. The minimum absolute atomic E-state index is 0.0122. The van der Waals surface area contributed by atoms with Crippen molar-refractivity contribution in [2.24, 2.45) is 16.0 Å². The number of aromatic nitrogens is 1. The van der Waals surface area contributed by atoms with E-state index in [1.807, 2.05) is 25.4 Å². The molecule has 1 saturated heterocycles. The average Bonchev–Trinajstić information content (AvgIpc) is 3.23. The number of sulfonamides is 1. The quantitative estimate of drug-likeness (QED) is 0.602. The number of rotatable bonds is 7. The van der Waals surface area contributed by atoms with Gasteiger partial charge in [-0.1, -0.05) is 13.0 Å². The monoisotopic (exact) mass is 489 g/mol. The van der Waals surface area contributed by atoms with Gasteiger partial charge in [0, 0.05) is 36.7 Å². The molecule has 10 heteroatoms. The first kappa shape index (κ1) is 23.9. The van der Waals surface area contributed by atoms with Crippen molar-refractivity contribution in [3.8, 4) is 5.75 Å². The molecule has 1 aromatic carbocycles. The molecule has 1 aromatic heterocycles. The van der Waals surface area contributed by atoms with Gasteiger partial charge in [0.25, 0.3) is 0 Å². The highest BCUT2D eigenvalue weighted by atomic mass is 32.2. The summed E-state index contributed by atoms with van der Waals surface area (Å²) in [6.07, 6.45) is 7.61. The van der Waals surface area contributed by atoms with Crippen LogP contribution < -0.4 is 15.2 Å². The molecule has 0 radical (unpaired) electrons. The number of anilines is 2. The van der Waals surface area contributed by atoms with E-state index in [2.05, 4.69) is 28.2 Å². The molecule has 3 N–H and O–H groups in total. The molecular formula is C23H31N5O3S2. The standard InChI is InChI=1S/C23H31N5O3S2/c1-15(2)31-21-6-5-18(33(24,29)30)12-19(21)26-23-27-20(14-32-23)17-4-7-22(25-13-17)28-10-8-16(3)9-11-28/h4-6,12-16,22H,7-11H2,1-3H3,(H,26,27)(H2,24,29,30). The van der Waals surface area contributed by atoms with Crippen molar-refractivity contribution < 1.29 is 13.2 Å². The fourth-order valence-corrected chi connectivity index (χ4v) is 5.24. The highest BCUT2D eigenvalue weighted by Gasteiger charge is 2.24. The van der Waals surface area contributed by atoms with E-state index in [-0.39, 0.29) is 17.2 Å². The number of piperidine rings is 1. The molecular weight excluding hydrogens is 458 g/mol. The molecule has 2 aromatic rings. The third-order valence-corrected chi connectivity index (χ3v) is 7.53. The van der Waals surface area contributed by atoms with E-state index in [9.17, 15) is 8.42 Å². The van der Waals surface area contributed by atoms with Crippen LogP contribution in [0.3, 0.4) is 0 Å². The van der Waals surface area contributed by atoms with Crippen molar-refractivity contribution in [3.63, 3.8) is 0 Å². The summed E-state index contributed by atoms with van der Waals surface area (Å²) >= 11 is 1.44. The smallest absolute Gasteiger partial charge is 0.238 e. The van der Waals surface area contributed by atoms with Crippen LogP contribution in [0.25, 0.3) is 5.57 Å². The summed E-state index contributed by atoms with van der Waals surface area (Å²) in [5, 5.41) is 11.1. The highest BCUT2D eigenvalue weighted by Crippen LogP contribution is 2.33. The first-order valence-electron chi connectivity index (χ1n) is 11.2. The summed E-state index contributed by atoms with van der Waals surface area (Å²) in [5.41, 5.74) is 2.34. The van der Waals surface area contributed by atoms with E-state index < -0.39 is 10.0 Å². The normalized spacial score (nSPS) is 20.2. The number of nitrogens with zero attached hydrogens (tertiary/aromatic N) is 3. The molecule has 0 aliphatic carbocycles. The number of benzene rings is 1. The second kappa shape index (κ2) is 9.92. The molecule has 1 unspecified atom stereocenters. The maximum atomic E-state index is 11.8. The molecule has 0 saturated carbocycles. The fraction of sp³-hybridized carbons (Fsp3) is 0.478. The van der Waals surface area contributed by atoms with Gasteiger partial charge in [-0.3, -0.25) is 9.89 Å². The summed E-state index contributed by atoms with van der Waals surface area (Å²) in [5.74, 6) is 1.34. The van der Waals surface area contributed by atoms with Crippen molar-refractivity contribution in [1.29, 1.82) is 0 Å². The molecule has 0 spiro atoms. The number of dihydropyridines is 1. The Morgan fingerprint density at radius 3 is 2.67 bits per heavy atom. The van der Waals surface area contributed by atoms with E-state index >= 15 is 0 Å².